The fraction of sp³-hybridized carbons (Fsp3) is 0.261. The van der Waals surface area contributed by atoms with Gasteiger partial charge in [0, 0.05) is 43.5 Å². The molecule has 0 saturated carbocycles. The third-order valence-electron chi connectivity index (χ3n) is 5.06. The molecule has 1 aromatic heterocycles. The summed E-state index contributed by atoms with van der Waals surface area (Å²) in [5, 5.41) is 3.33. The van der Waals surface area contributed by atoms with Crippen molar-refractivity contribution in [2.45, 2.75) is 6.92 Å². The van der Waals surface area contributed by atoms with Gasteiger partial charge in [0.25, 0.3) is 5.91 Å². The Kier molecular flexibility index (Phi) is 5.53. The highest BCUT2D eigenvalue weighted by atomic mass is 16.2. The molecule has 1 aliphatic heterocycles. The van der Waals surface area contributed by atoms with Crippen LogP contribution in [0.15, 0.2) is 60.7 Å². The van der Waals surface area contributed by atoms with Crippen molar-refractivity contribution in [2.24, 2.45) is 0 Å². The van der Waals surface area contributed by atoms with Crippen LogP contribution in [-0.4, -0.2) is 58.9 Å². The number of aromatic nitrogens is 2. The standard InChI is InChI=1S/C23H25N5O/c1-17-7-6-10-19(15-17)24-21-16-20(23(29)28-13-11-27(2)12-14-28)25-22(26-21)18-8-4-3-5-9-18/h3-10,15-16H,11-14H2,1-2H3,(H,24,25,26). The molecule has 0 unspecified atom stereocenters. The third-order valence-corrected chi connectivity index (χ3v) is 5.06. The van der Waals surface area contributed by atoms with Crippen LogP contribution in [0, 0.1) is 6.92 Å². The molecule has 4 rings (SSSR count). The number of aryl methyl sites for hydroxylation is 1. The Labute approximate surface area is 171 Å². The number of nitrogens with zero attached hydrogens (tertiary/aromatic N) is 4. The second kappa shape index (κ2) is 8.41. The molecule has 0 bridgehead atoms. The summed E-state index contributed by atoms with van der Waals surface area (Å²) in [6.45, 7) is 5.21. The Morgan fingerprint density at radius 1 is 0.931 bits per heavy atom. The number of amides is 1. The van der Waals surface area contributed by atoms with E-state index in [-0.39, 0.29) is 5.91 Å². The summed E-state index contributed by atoms with van der Waals surface area (Å²) in [5.74, 6) is 1.10. The van der Waals surface area contributed by atoms with Crippen LogP contribution in [0.4, 0.5) is 11.5 Å². The van der Waals surface area contributed by atoms with Gasteiger partial charge in [-0.1, -0.05) is 42.5 Å². The first kappa shape index (κ1) is 19.1. The van der Waals surface area contributed by atoms with E-state index in [2.05, 4.69) is 27.2 Å². The molecule has 1 amide bonds. The van der Waals surface area contributed by atoms with Crippen molar-refractivity contribution in [3.05, 3.63) is 71.9 Å². The highest BCUT2D eigenvalue weighted by Crippen LogP contribution is 2.22. The largest absolute Gasteiger partial charge is 0.340 e. The molecule has 2 heterocycles. The average molecular weight is 387 g/mol. The zero-order valence-electron chi connectivity index (χ0n) is 16.8. The van der Waals surface area contributed by atoms with E-state index in [0.29, 0.717) is 30.4 Å². The monoisotopic (exact) mass is 387 g/mol. The Morgan fingerprint density at radius 3 is 2.41 bits per heavy atom. The zero-order chi connectivity index (χ0) is 20.2. The predicted molar refractivity (Wildman–Crippen MR) is 115 cm³/mol. The summed E-state index contributed by atoms with van der Waals surface area (Å²) >= 11 is 0. The van der Waals surface area contributed by atoms with Crippen molar-refractivity contribution >= 4 is 17.4 Å². The number of piperazine rings is 1. The lowest BCUT2D eigenvalue weighted by Gasteiger charge is -2.32. The van der Waals surface area contributed by atoms with E-state index in [0.717, 1.165) is 29.9 Å². The summed E-state index contributed by atoms with van der Waals surface area (Å²) < 4.78 is 0. The van der Waals surface area contributed by atoms with Crippen molar-refractivity contribution in [1.29, 1.82) is 0 Å². The van der Waals surface area contributed by atoms with Gasteiger partial charge < -0.3 is 15.1 Å². The maximum atomic E-state index is 13.1. The molecular formula is C23H25N5O. The van der Waals surface area contributed by atoms with Gasteiger partial charge in [0.2, 0.25) is 0 Å². The molecule has 0 atom stereocenters. The van der Waals surface area contributed by atoms with E-state index in [1.807, 2.05) is 66.4 Å². The first-order chi connectivity index (χ1) is 14.1. The smallest absolute Gasteiger partial charge is 0.272 e. The molecule has 0 spiro atoms. The van der Waals surface area contributed by atoms with Gasteiger partial charge >= 0.3 is 0 Å². The minimum absolute atomic E-state index is 0.0510. The minimum Gasteiger partial charge on any atom is -0.340 e. The van der Waals surface area contributed by atoms with E-state index in [4.69, 9.17) is 0 Å². The number of likely N-dealkylation sites (N-methyl/N-ethyl adjacent to an activating group) is 1. The van der Waals surface area contributed by atoms with Gasteiger partial charge in [-0.05, 0) is 31.7 Å². The van der Waals surface area contributed by atoms with Crippen LogP contribution in [0.2, 0.25) is 0 Å². The first-order valence-electron chi connectivity index (χ1n) is 9.84. The second-order valence-electron chi connectivity index (χ2n) is 7.42. The molecule has 3 aromatic rings. The quantitative estimate of drug-likeness (QED) is 0.741. The lowest BCUT2D eigenvalue weighted by atomic mass is 10.2. The van der Waals surface area contributed by atoms with Crippen molar-refractivity contribution in [1.82, 2.24) is 19.8 Å². The van der Waals surface area contributed by atoms with Crippen LogP contribution in [0.25, 0.3) is 11.4 Å². The lowest BCUT2D eigenvalue weighted by Crippen LogP contribution is -2.47. The second-order valence-corrected chi connectivity index (χ2v) is 7.42. The van der Waals surface area contributed by atoms with E-state index >= 15 is 0 Å². The van der Waals surface area contributed by atoms with E-state index in [1.165, 1.54) is 0 Å². The molecule has 1 aliphatic rings. The fourth-order valence-corrected chi connectivity index (χ4v) is 3.38. The maximum absolute atomic E-state index is 13.1. The average Bonchev–Trinajstić information content (AvgIpc) is 2.74. The van der Waals surface area contributed by atoms with Gasteiger partial charge in [-0.2, -0.15) is 0 Å². The number of rotatable bonds is 4. The fourth-order valence-electron chi connectivity index (χ4n) is 3.38. The topological polar surface area (TPSA) is 61.4 Å². The van der Waals surface area contributed by atoms with Crippen LogP contribution < -0.4 is 5.32 Å². The summed E-state index contributed by atoms with van der Waals surface area (Å²) in [7, 11) is 2.07. The van der Waals surface area contributed by atoms with Crippen LogP contribution in [0.3, 0.4) is 0 Å². The van der Waals surface area contributed by atoms with Crippen molar-refractivity contribution in [3.8, 4) is 11.4 Å². The van der Waals surface area contributed by atoms with Gasteiger partial charge in [-0.3, -0.25) is 4.79 Å². The van der Waals surface area contributed by atoms with E-state index < -0.39 is 0 Å². The SMILES string of the molecule is Cc1cccc(Nc2cc(C(=O)N3CCN(C)CC3)nc(-c3ccccc3)n2)c1. The number of nitrogens with one attached hydrogen (secondary N) is 1. The zero-order valence-corrected chi connectivity index (χ0v) is 16.8. The van der Waals surface area contributed by atoms with E-state index in [1.54, 1.807) is 6.07 Å². The van der Waals surface area contributed by atoms with Crippen molar-refractivity contribution in [2.75, 3.05) is 38.5 Å². The van der Waals surface area contributed by atoms with Crippen LogP contribution in [0.1, 0.15) is 16.1 Å². The molecule has 1 fully saturated rings. The van der Waals surface area contributed by atoms with E-state index in [9.17, 15) is 4.79 Å². The molecule has 0 aliphatic carbocycles. The summed E-state index contributed by atoms with van der Waals surface area (Å²) in [5.41, 5.74) is 3.38. The summed E-state index contributed by atoms with van der Waals surface area (Å²) in [4.78, 5) is 26.5. The number of hydrogen-bond acceptors (Lipinski definition) is 5. The van der Waals surface area contributed by atoms with Crippen LogP contribution in [0.5, 0.6) is 0 Å². The highest BCUT2D eigenvalue weighted by molar-refractivity contribution is 5.93. The number of anilines is 2. The van der Waals surface area contributed by atoms with Crippen molar-refractivity contribution in [3.63, 3.8) is 0 Å². The van der Waals surface area contributed by atoms with Gasteiger partial charge in [-0.15, -0.1) is 0 Å². The normalized spacial score (nSPS) is 14.6. The number of hydrogen-bond donors (Lipinski definition) is 1. The Bertz CT molecular complexity index is 997. The maximum Gasteiger partial charge on any atom is 0.272 e. The molecule has 6 nitrogen and oxygen atoms in total. The Hall–Kier alpha value is -3.25. The molecule has 1 N–H and O–H groups in total. The summed E-state index contributed by atoms with van der Waals surface area (Å²) in [6, 6.07) is 19.6. The summed E-state index contributed by atoms with van der Waals surface area (Å²) in [6.07, 6.45) is 0. The number of benzene rings is 2. The van der Waals surface area contributed by atoms with Gasteiger partial charge in [0.15, 0.2) is 5.82 Å². The third kappa shape index (κ3) is 4.60. The predicted octanol–water partition coefficient (Wildman–Crippen LogP) is 3.58. The Balaban J connectivity index is 1.69. The Morgan fingerprint density at radius 2 is 1.69 bits per heavy atom. The molecule has 0 radical (unpaired) electrons. The number of carbonyl (C=O) groups is 1. The molecule has 1 saturated heterocycles. The van der Waals surface area contributed by atoms with Crippen LogP contribution in [-0.2, 0) is 0 Å². The molecule has 29 heavy (non-hydrogen) atoms. The van der Waals surface area contributed by atoms with Gasteiger partial charge in [-0.25, -0.2) is 9.97 Å². The lowest BCUT2D eigenvalue weighted by molar-refractivity contribution is 0.0658. The molecule has 2 aromatic carbocycles. The minimum atomic E-state index is -0.0510. The molecular weight excluding hydrogens is 362 g/mol. The van der Waals surface area contributed by atoms with Crippen LogP contribution >= 0.6 is 0 Å². The number of carbonyl (C=O) groups excluding carboxylic acids is 1. The van der Waals surface area contributed by atoms with Crippen molar-refractivity contribution < 1.29 is 4.79 Å². The highest BCUT2D eigenvalue weighted by Gasteiger charge is 2.23. The van der Waals surface area contributed by atoms with Gasteiger partial charge in [0.1, 0.15) is 11.5 Å². The van der Waals surface area contributed by atoms with Gasteiger partial charge in [0.05, 0.1) is 0 Å². The molecule has 6 heteroatoms. The first-order valence-corrected chi connectivity index (χ1v) is 9.84. The molecule has 148 valence electrons.